The summed E-state index contributed by atoms with van der Waals surface area (Å²) >= 11 is 1.75. The highest BCUT2D eigenvalue weighted by molar-refractivity contribution is 7.99. The van der Waals surface area contributed by atoms with Crippen LogP contribution in [0, 0.1) is 11.3 Å². The molecule has 2 N–H and O–H groups in total. The second-order valence-electron chi connectivity index (χ2n) is 6.98. The van der Waals surface area contributed by atoms with Crippen molar-refractivity contribution in [3.05, 3.63) is 10.5 Å². The highest BCUT2D eigenvalue weighted by Crippen LogP contribution is 2.42. The van der Waals surface area contributed by atoms with Crippen LogP contribution in [0.3, 0.4) is 0 Å². The fraction of sp³-hybridized carbons (Fsp3) is 0.867. The maximum absolute atomic E-state index is 11.7. The predicted molar refractivity (Wildman–Crippen MR) is 87.8 cm³/mol. The van der Waals surface area contributed by atoms with E-state index in [2.05, 4.69) is 36.3 Å². The van der Waals surface area contributed by atoms with E-state index in [9.17, 15) is 4.79 Å². The molecule has 1 aromatic heterocycles. The Hall–Kier alpha value is -0.750. The number of aromatic amines is 1. The lowest BCUT2D eigenvalue weighted by molar-refractivity contribution is 0.167. The monoisotopic (exact) mass is 312 g/mol. The molecule has 0 amide bonds. The molecule has 120 valence electrons. The first-order valence-electron chi connectivity index (χ1n) is 7.86. The van der Waals surface area contributed by atoms with Crippen molar-refractivity contribution < 1.29 is 0 Å². The van der Waals surface area contributed by atoms with Crippen molar-refractivity contribution in [1.29, 1.82) is 0 Å². The summed E-state index contributed by atoms with van der Waals surface area (Å²) in [6, 6.07) is 0.491. The second-order valence-corrected chi connectivity index (χ2v) is 8.19. The Morgan fingerprint density at radius 3 is 2.71 bits per heavy atom. The van der Waals surface area contributed by atoms with Crippen molar-refractivity contribution in [3.63, 3.8) is 0 Å². The fourth-order valence-electron chi connectivity index (χ4n) is 3.18. The van der Waals surface area contributed by atoms with E-state index >= 15 is 0 Å². The molecule has 1 aliphatic rings. The normalized spacial score (nSPS) is 27.0. The number of hydrogen-bond donors (Lipinski definition) is 2. The van der Waals surface area contributed by atoms with Crippen LogP contribution in [0.25, 0.3) is 0 Å². The van der Waals surface area contributed by atoms with Crippen molar-refractivity contribution in [2.75, 3.05) is 7.05 Å². The Balaban J connectivity index is 2.16. The summed E-state index contributed by atoms with van der Waals surface area (Å²) in [5.74, 6) is 0.723. The van der Waals surface area contributed by atoms with Gasteiger partial charge in [-0.1, -0.05) is 32.5 Å². The Kier molecular flexibility index (Phi) is 5.20. The van der Waals surface area contributed by atoms with Gasteiger partial charge < -0.3 is 5.32 Å². The number of thioether (sulfide) groups is 1. The zero-order valence-corrected chi connectivity index (χ0v) is 14.6. The van der Waals surface area contributed by atoms with Gasteiger partial charge in [0, 0.05) is 17.8 Å². The van der Waals surface area contributed by atoms with Crippen LogP contribution in [0.15, 0.2) is 9.95 Å². The minimum absolute atomic E-state index is 0.107. The van der Waals surface area contributed by atoms with Crippen LogP contribution in [-0.2, 0) is 6.54 Å². The lowest BCUT2D eigenvalue weighted by Gasteiger charge is -2.41. The average molecular weight is 312 g/mol. The van der Waals surface area contributed by atoms with Crippen LogP contribution in [0.4, 0.5) is 0 Å². The molecule has 0 spiro atoms. The average Bonchev–Trinajstić information content (AvgIpc) is 2.78. The number of rotatable bonds is 4. The van der Waals surface area contributed by atoms with E-state index in [1.165, 1.54) is 19.3 Å². The molecule has 1 aromatic rings. The van der Waals surface area contributed by atoms with Crippen LogP contribution in [-0.4, -0.2) is 33.1 Å². The van der Waals surface area contributed by atoms with Gasteiger partial charge in [0.15, 0.2) is 5.16 Å². The third-order valence-corrected chi connectivity index (χ3v) is 6.03. The van der Waals surface area contributed by atoms with Crippen LogP contribution in [0.1, 0.15) is 47.0 Å². The third-order valence-electron chi connectivity index (χ3n) is 4.68. The molecule has 1 heterocycles. The van der Waals surface area contributed by atoms with Gasteiger partial charge >= 0.3 is 5.69 Å². The number of H-pyrrole nitrogens is 1. The molecule has 0 bridgehead atoms. The van der Waals surface area contributed by atoms with E-state index in [4.69, 9.17) is 0 Å². The topological polar surface area (TPSA) is 62.7 Å². The molecule has 0 aliphatic heterocycles. The number of aromatic nitrogens is 3. The van der Waals surface area contributed by atoms with Crippen LogP contribution >= 0.6 is 11.8 Å². The standard InChI is InChI=1S/C15H28N4OS/c1-6-19-13(20)17-18-14(19)21-12-9-10(15(2,3)4)7-8-11(12)16-5/h10-12,16H,6-9H2,1-5H3,(H,17,20). The minimum atomic E-state index is -0.107. The minimum Gasteiger partial charge on any atom is -0.316 e. The van der Waals surface area contributed by atoms with Gasteiger partial charge in [-0.2, -0.15) is 0 Å². The molecule has 6 heteroatoms. The van der Waals surface area contributed by atoms with Gasteiger partial charge in [-0.25, -0.2) is 9.89 Å². The molecule has 0 saturated heterocycles. The van der Waals surface area contributed by atoms with Crippen molar-refractivity contribution >= 4 is 11.8 Å². The highest BCUT2D eigenvalue weighted by Gasteiger charge is 2.36. The summed E-state index contributed by atoms with van der Waals surface area (Å²) in [5.41, 5.74) is 0.234. The summed E-state index contributed by atoms with van der Waals surface area (Å²) in [6.45, 7) is 9.63. The van der Waals surface area contributed by atoms with Gasteiger partial charge in [0.05, 0.1) is 0 Å². The number of nitrogens with one attached hydrogen (secondary N) is 2. The molecule has 3 unspecified atom stereocenters. The number of hydrogen-bond acceptors (Lipinski definition) is 4. The summed E-state index contributed by atoms with van der Waals surface area (Å²) in [4.78, 5) is 11.7. The third kappa shape index (κ3) is 3.72. The van der Waals surface area contributed by atoms with Crippen molar-refractivity contribution in [1.82, 2.24) is 20.1 Å². The fourth-order valence-corrected chi connectivity index (χ4v) is 4.66. The second kappa shape index (κ2) is 6.57. The van der Waals surface area contributed by atoms with Crippen molar-refractivity contribution in [2.45, 2.75) is 70.0 Å². The molecule has 1 saturated carbocycles. The molecular formula is C15H28N4OS. The molecule has 0 radical (unpaired) electrons. The van der Waals surface area contributed by atoms with E-state index in [0.29, 0.717) is 23.3 Å². The lowest BCUT2D eigenvalue weighted by Crippen LogP contribution is -2.43. The summed E-state index contributed by atoms with van der Waals surface area (Å²) in [5, 5.41) is 11.5. The first-order chi connectivity index (χ1) is 9.86. The van der Waals surface area contributed by atoms with E-state index in [1.807, 2.05) is 14.0 Å². The van der Waals surface area contributed by atoms with Gasteiger partial charge in [0.2, 0.25) is 0 Å². The summed E-state index contributed by atoms with van der Waals surface area (Å²) in [6.07, 6.45) is 3.63. The lowest BCUT2D eigenvalue weighted by atomic mass is 9.71. The van der Waals surface area contributed by atoms with Crippen molar-refractivity contribution in [2.24, 2.45) is 11.3 Å². The van der Waals surface area contributed by atoms with E-state index in [1.54, 1.807) is 16.3 Å². The molecule has 1 fully saturated rings. The molecule has 5 nitrogen and oxygen atoms in total. The van der Waals surface area contributed by atoms with Gasteiger partial charge in [-0.05, 0) is 44.6 Å². The first-order valence-corrected chi connectivity index (χ1v) is 8.74. The van der Waals surface area contributed by atoms with E-state index in [0.717, 1.165) is 11.1 Å². The number of nitrogens with zero attached hydrogens (tertiary/aromatic N) is 2. The van der Waals surface area contributed by atoms with Gasteiger partial charge in [-0.15, -0.1) is 5.10 Å². The Morgan fingerprint density at radius 1 is 1.43 bits per heavy atom. The van der Waals surface area contributed by atoms with Gasteiger partial charge in [0.1, 0.15) is 0 Å². The Bertz CT molecular complexity index is 516. The quantitative estimate of drug-likeness (QED) is 0.896. The zero-order chi connectivity index (χ0) is 15.6. The molecule has 1 aliphatic carbocycles. The Morgan fingerprint density at radius 2 is 2.14 bits per heavy atom. The van der Waals surface area contributed by atoms with Gasteiger partial charge in [0.25, 0.3) is 0 Å². The van der Waals surface area contributed by atoms with Crippen LogP contribution in [0.5, 0.6) is 0 Å². The smallest absolute Gasteiger partial charge is 0.316 e. The first kappa shape index (κ1) is 16.6. The van der Waals surface area contributed by atoms with Crippen molar-refractivity contribution in [3.8, 4) is 0 Å². The summed E-state index contributed by atoms with van der Waals surface area (Å²) in [7, 11) is 2.03. The predicted octanol–water partition coefficient (Wildman–Crippen LogP) is 2.49. The van der Waals surface area contributed by atoms with E-state index < -0.39 is 0 Å². The zero-order valence-electron chi connectivity index (χ0n) is 13.8. The molecule has 21 heavy (non-hydrogen) atoms. The van der Waals surface area contributed by atoms with Gasteiger partial charge in [-0.3, -0.25) is 4.57 Å². The van der Waals surface area contributed by atoms with Crippen LogP contribution in [0.2, 0.25) is 0 Å². The SMILES string of the molecule is CCn1c(SC2CC(C(C)(C)C)CCC2NC)n[nH]c1=O. The molecule has 0 aromatic carbocycles. The summed E-state index contributed by atoms with van der Waals surface area (Å²) < 4.78 is 1.72. The molecule has 2 rings (SSSR count). The maximum atomic E-state index is 11.7. The maximum Gasteiger partial charge on any atom is 0.343 e. The largest absolute Gasteiger partial charge is 0.343 e. The molecular weight excluding hydrogens is 284 g/mol. The van der Waals surface area contributed by atoms with Crippen LogP contribution < -0.4 is 11.0 Å². The molecule has 3 atom stereocenters. The highest BCUT2D eigenvalue weighted by atomic mass is 32.2. The Labute approximate surface area is 131 Å². The van der Waals surface area contributed by atoms with E-state index in [-0.39, 0.29) is 5.69 Å².